The molecule has 4 rings (SSSR count). The largest absolute Gasteiger partial charge is 0.338 e. The number of nitrogens with zero attached hydrogens (tertiary/aromatic N) is 4. The van der Waals surface area contributed by atoms with Gasteiger partial charge in [-0.1, -0.05) is 5.16 Å². The minimum atomic E-state index is 0.103. The summed E-state index contributed by atoms with van der Waals surface area (Å²) in [6, 6.07) is 4.03. The number of thiophene rings is 1. The van der Waals surface area contributed by atoms with E-state index in [0.29, 0.717) is 11.8 Å². The van der Waals surface area contributed by atoms with Crippen LogP contribution in [0.15, 0.2) is 16.7 Å². The van der Waals surface area contributed by atoms with Crippen molar-refractivity contribution >= 4 is 17.2 Å². The van der Waals surface area contributed by atoms with E-state index in [-0.39, 0.29) is 11.9 Å². The monoisotopic (exact) mass is 346 g/mol. The van der Waals surface area contributed by atoms with E-state index < -0.39 is 0 Å². The maximum absolute atomic E-state index is 12.5. The summed E-state index contributed by atoms with van der Waals surface area (Å²) in [6.07, 6.45) is 2.35. The summed E-state index contributed by atoms with van der Waals surface area (Å²) in [7, 11) is 0. The van der Waals surface area contributed by atoms with Gasteiger partial charge in [0.1, 0.15) is 0 Å². The number of aryl methyl sites for hydroxylation is 1. The van der Waals surface area contributed by atoms with E-state index in [4.69, 9.17) is 4.52 Å². The van der Waals surface area contributed by atoms with Gasteiger partial charge in [0.25, 0.3) is 5.91 Å². The molecule has 128 valence electrons. The zero-order valence-corrected chi connectivity index (χ0v) is 14.9. The number of amides is 1. The van der Waals surface area contributed by atoms with Crippen LogP contribution in [0.5, 0.6) is 0 Å². The SMILES string of the molecule is Cc1ccc(C(=O)N2CCN([C@H](C)c3nc(C4CC4)no3)CC2)s1. The molecule has 1 saturated heterocycles. The third-order valence-electron chi connectivity index (χ3n) is 4.86. The van der Waals surface area contributed by atoms with Gasteiger partial charge in [-0.15, -0.1) is 11.3 Å². The molecular formula is C17H22N4O2S. The first-order valence-corrected chi connectivity index (χ1v) is 9.36. The van der Waals surface area contributed by atoms with Gasteiger partial charge in [-0.05, 0) is 38.8 Å². The Balaban J connectivity index is 1.35. The number of hydrogen-bond acceptors (Lipinski definition) is 6. The molecule has 24 heavy (non-hydrogen) atoms. The quantitative estimate of drug-likeness (QED) is 0.852. The van der Waals surface area contributed by atoms with Crippen molar-refractivity contribution in [2.24, 2.45) is 0 Å². The molecule has 0 spiro atoms. The number of carbonyl (C=O) groups excluding carboxylic acids is 1. The predicted molar refractivity (Wildman–Crippen MR) is 91.2 cm³/mol. The fourth-order valence-electron chi connectivity index (χ4n) is 3.10. The van der Waals surface area contributed by atoms with Crippen LogP contribution in [0.1, 0.15) is 58.0 Å². The molecule has 6 nitrogen and oxygen atoms in total. The zero-order valence-electron chi connectivity index (χ0n) is 14.1. The summed E-state index contributed by atoms with van der Waals surface area (Å²) in [4.78, 5) is 23.3. The lowest BCUT2D eigenvalue weighted by Gasteiger charge is -2.36. The van der Waals surface area contributed by atoms with Crippen molar-refractivity contribution in [2.45, 2.75) is 38.6 Å². The Morgan fingerprint density at radius 2 is 2.04 bits per heavy atom. The van der Waals surface area contributed by atoms with Crippen molar-refractivity contribution in [3.63, 3.8) is 0 Å². The van der Waals surface area contributed by atoms with Crippen molar-refractivity contribution in [2.75, 3.05) is 26.2 Å². The molecule has 1 aliphatic heterocycles. The molecule has 1 aliphatic carbocycles. The third kappa shape index (κ3) is 3.10. The van der Waals surface area contributed by atoms with Crippen molar-refractivity contribution in [1.29, 1.82) is 0 Å². The van der Waals surface area contributed by atoms with Gasteiger partial charge in [0.15, 0.2) is 5.82 Å². The Morgan fingerprint density at radius 1 is 1.29 bits per heavy atom. The van der Waals surface area contributed by atoms with Crippen LogP contribution in [0.4, 0.5) is 0 Å². The van der Waals surface area contributed by atoms with Crippen LogP contribution < -0.4 is 0 Å². The molecule has 7 heteroatoms. The van der Waals surface area contributed by atoms with Gasteiger partial charge in [-0.25, -0.2) is 0 Å². The first-order chi connectivity index (χ1) is 11.6. The molecule has 1 saturated carbocycles. The average Bonchev–Trinajstić information content (AvgIpc) is 3.17. The van der Waals surface area contributed by atoms with Crippen LogP contribution in [-0.4, -0.2) is 52.0 Å². The molecule has 2 aromatic rings. The number of carbonyl (C=O) groups is 1. The summed E-state index contributed by atoms with van der Waals surface area (Å²) in [5.74, 6) is 2.22. The predicted octanol–water partition coefficient (Wildman–Crippen LogP) is 2.84. The lowest BCUT2D eigenvalue weighted by molar-refractivity contribution is 0.0556. The van der Waals surface area contributed by atoms with E-state index in [2.05, 4.69) is 22.0 Å². The molecule has 2 aromatic heterocycles. The van der Waals surface area contributed by atoms with Gasteiger partial charge >= 0.3 is 0 Å². The molecule has 0 radical (unpaired) electrons. The molecule has 0 bridgehead atoms. The van der Waals surface area contributed by atoms with Gasteiger partial charge in [-0.2, -0.15) is 4.98 Å². The first-order valence-electron chi connectivity index (χ1n) is 8.55. The Kier molecular flexibility index (Phi) is 4.14. The maximum Gasteiger partial charge on any atom is 0.264 e. The normalized spacial score (nSPS) is 20.3. The molecule has 1 amide bonds. The van der Waals surface area contributed by atoms with E-state index in [0.717, 1.165) is 36.9 Å². The fraction of sp³-hybridized carbons (Fsp3) is 0.588. The smallest absolute Gasteiger partial charge is 0.264 e. The first kappa shape index (κ1) is 15.8. The fourth-order valence-corrected chi connectivity index (χ4v) is 3.93. The molecular weight excluding hydrogens is 324 g/mol. The van der Waals surface area contributed by atoms with Gasteiger partial charge in [0, 0.05) is 37.0 Å². The lowest BCUT2D eigenvalue weighted by Crippen LogP contribution is -2.49. The van der Waals surface area contributed by atoms with Crippen LogP contribution in [0, 0.1) is 6.92 Å². The zero-order chi connectivity index (χ0) is 16.7. The van der Waals surface area contributed by atoms with Gasteiger partial charge in [-0.3, -0.25) is 9.69 Å². The average molecular weight is 346 g/mol. The highest BCUT2D eigenvalue weighted by Crippen LogP contribution is 2.38. The summed E-state index contributed by atoms with van der Waals surface area (Å²) >= 11 is 1.57. The second-order valence-electron chi connectivity index (χ2n) is 6.68. The highest BCUT2D eigenvalue weighted by Gasteiger charge is 2.32. The van der Waals surface area contributed by atoms with Gasteiger partial charge in [0.2, 0.25) is 5.89 Å². The van der Waals surface area contributed by atoms with E-state index in [1.807, 2.05) is 24.0 Å². The lowest BCUT2D eigenvalue weighted by atomic mass is 10.2. The summed E-state index contributed by atoms with van der Waals surface area (Å²) in [5.41, 5.74) is 0. The molecule has 1 atom stereocenters. The number of aromatic nitrogens is 2. The van der Waals surface area contributed by atoms with Crippen LogP contribution in [0.2, 0.25) is 0 Å². The van der Waals surface area contributed by atoms with Crippen molar-refractivity contribution in [3.8, 4) is 0 Å². The Labute approximate surface area is 145 Å². The molecule has 2 fully saturated rings. The maximum atomic E-state index is 12.5. The van der Waals surface area contributed by atoms with Crippen molar-refractivity contribution in [3.05, 3.63) is 33.6 Å². The number of hydrogen-bond donors (Lipinski definition) is 0. The summed E-state index contributed by atoms with van der Waals surface area (Å²) in [5, 5.41) is 4.10. The minimum Gasteiger partial charge on any atom is -0.338 e. The topological polar surface area (TPSA) is 62.5 Å². The van der Waals surface area contributed by atoms with Crippen LogP contribution >= 0.6 is 11.3 Å². The van der Waals surface area contributed by atoms with E-state index >= 15 is 0 Å². The molecule has 0 unspecified atom stereocenters. The molecule has 3 heterocycles. The van der Waals surface area contributed by atoms with Crippen LogP contribution in [0.3, 0.4) is 0 Å². The second kappa shape index (κ2) is 6.29. The highest BCUT2D eigenvalue weighted by atomic mass is 32.1. The Hall–Kier alpha value is -1.73. The Bertz CT molecular complexity index is 729. The molecule has 2 aliphatic rings. The standard InChI is InChI=1S/C17H22N4O2S/c1-11-3-6-14(24-11)17(22)21-9-7-20(8-10-21)12(2)16-18-15(19-23-16)13-4-5-13/h3,6,12-13H,4-5,7-10H2,1-2H3/t12-/m1/s1. The van der Waals surface area contributed by atoms with Crippen molar-refractivity contribution < 1.29 is 9.32 Å². The molecule has 0 N–H and O–H groups in total. The minimum absolute atomic E-state index is 0.103. The van der Waals surface area contributed by atoms with Crippen LogP contribution in [0.25, 0.3) is 0 Å². The Morgan fingerprint density at radius 3 is 2.67 bits per heavy atom. The van der Waals surface area contributed by atoms with E-state index in [1.54, 1.807) is 11.3 Å². The number of piperazine rings is 1. The number of rotatable bonds is 4. The van der Waals surface area contributed by atoms with Gasteiger partial charge in [0.05, 0.1) is 10.9 Å². The summed E-state index contributed by atoms with van der Waals surface area (Å²) < 4.78 is 5.45. The van der Waals surface area contributed by atoms with E-state index in [1.165, 1.54) is 17.7 Å². The molecule has 0 aromatic carbocycles. The van der Waals surface area contributed by atoms with Crippen molar-refractivity contribution in [1.82, 2.24) is 19.9 Å². The third-order valence-corrected chi connectivity index (χ3v) is 5.85. The van der Waals surface area contributed by atoms with E-state index in [9.17, 15) is 4.79 Å². The van der Waals surface area contributed by atoms with Crippen LogP contribution in [-0.2, 0) is 0 Å². The van der Waals surface area contributed by atoms with Gasteiger partial charge < -0.3 is 9.42 Å². The highest BCUT2D eigenvalue weighted by molar-refractivity contribution is 7.13. The second-order valence-corrected chi connectivity index (χ2v) is 7.97. The summed E-state index contributed by atoms with van der Waals surface area (Å²) in [6.45, 7) is 7.27.